The van der Waals surface area contributed by atoms with E-state index in [1.54, 1.807) is 0 Å². The Balaban J connectivity index is 1.19. The van der Waals surface area contributed by atoms with Crippen molar-refractivity contribution in [1.29, 1.82) is 0 Å². The van der Waals surface area contributed by atoms with Gasteiger partial charge in [-0.25, -0.2) is 4.98 Å². The Labute approximate surface area is 162 Å². The fraction of sp³-hybridized carbons (Fsp3) is 0.429. The van der Waals surface area contributed by atoms with E-state index in [2.05, 4.69) is 44.0 Å². The molecular weight excluding hydrogens is 356 g/mol. The number of rotatable bonds is 4. The third kappa shape index (κ3) is 3.39. The number of nitrogens with one attached hydrogen (secondary N) is 1. The van der Waals surface area contributed by atoms with Gasteiger partial charge in [0.25, 0.3) is 5.56 Å². The number of piperidine rings is 1. The number of likely N-dealkylation sites (tertiary alicyclic amines) is 1. The largest absolute Gasteiger partial charge is 0.371 e. The van der Waals surface area contributed by atoms with E-state index in [0.717, 1.165) is 48.1 Å². The van der Waals surface area contributed by atoms with Crippen LogP contribution in [0.5, 0.6) is 0 Å². The number of aromatic nitrogens is 2. The molecule has 140 valence electrons. The second-order valence-corrected chi connectivity index (χ2v) is 8.61. The maximum Gasteiger partial charge on any atom is 0.268 e. The fourth-order valence-electron chi connectivity index (χ4n) is 4.44. The first-order chi connectivity index (χ1) is 13.3. The average molecular weight is 381 g/mol. The van der Waals surface area contributed by atoms with Gasteiger partial charge in [-0.1, -0.05) is 18.2 Å². The normalized spacial score (nSPS) is 18.3. The molecule has 0 saturated carbocycles. The van der Waals surface area contributed by atoms with Crippen molar-refractivity contribution in [2.45, 2.75) is 25.8 Å². The summed E-state index contributed by atoms with van der Waals surface area (Å²) in [5, 5.41) is 1.93. The van der Waals surface area contributed by atoms with Gasteiger partial charge >= 0.3 is 0 Å². The maximum atomic E-state index is 12.1. The van der Waals surface area contributed by atoms with E-state index in [-0.39, 0.29) is 5.56 Å². The van der Waals surface area contributed by atoms with E-state index in [4.69, 9.17) is 0 Å². The van der Waals surface area contributed by atoms with E-state index >= 15 is 0 Å². The molecular formula is C21H24N4OS. The molecule has 0 radical (unpaired) electrons. The molecule has 1 aromatic carbocycles. The summed E-state index contributed by atoms with van der Waals surface area (Å²) in [5.74, 6) is 1.54. The molecule has 0 amide bonds. The predicted molar refractivity (Wildman–Crippen MR) is 111 cm³/mol. The Morgan fingerprint density at radius 2 is 2.00 bits per heavy atom. The van der Waals surface area contributed by atoms with Gasteiger partial charge in [0.15, 0.2) is 0 Å². The molecule has 2 aliphatic rings. The maximum absolute atomic E-state index is 12.1. The minimum absolute atomic E-state index is 0.00687. The first-order valence-electron chi connectivity index (χ1n) is 9.78. The lowest BCUT2D eigenvalue weighted by Crippen LogP contribution is -2.38. The summed E-state index contributed by atoms with van der Waals surface area (Å²) in [5.41, 5.74) is 3.74. The number of benzene rings is 1. The first-order valence-corrected chi connectivity index (χ1v) is 10.7. The number of aromatic amines is 1. The number of thiophene rings is 1. The molecule has 4 heterocycles. The van der Waals surface area contributed by atoms with E-state index in [9.17, 15) is 4.79 Å². The van der Waals surface area contributed by atoms with Crippen molar-refractivity contribution in [2.75, 3.05) is 31.1 Å². The van der Waals surface area contributed by atoms with Crippen molar-refractivity contribution in [2.24, 2.45) is 5.92 Å². The molecule has 0 aliphatic carbocycles. The summed E-state index contributed by atoms with van der Waals surface area (Å²) in [6, 6.07) is 10.7. The highest BCUT2D eigenvalue weighted by molar-refractivity contribution is 7.17. The Morgan fingerprint density at radius 3 is 2.89 bits per heavy atom. The quantitative estimate of drug-likeness (QED) is 0.755. The standard InChI is InChI=1S/C21H24N4OS/c26-21-20-17(8-12-27-20)22-19(23-21)14-24-9-5-15(6-10-24)13-25-11-7-16-3-1-2-4-18(16)25/h1-4,8,12,15H,5-7,9-11,13-14H2,(H,22,23,26). The van der Waals surface area contributed by atoms with Gasteiger partial charge in [0.2, 0.25) is 0 Å². The number of nitrogens with zero attached hydrogens (tertiary/aromatic N) is 3. The third-order valence-corrected chi connectivity index (χ3v) is 6.81. The summed E-state index contributed by atoms with van der Waals surface area (Å²) < 4.78 is 0.725. The van der Waals surface area contributed by atoms with Gasteiger partial charge in [-0.2, -0.15) is 0 Å². The second kappa shape index (κ2) is 7.09. The molecule has 5 rings (SSSR count). The number of H-pyrrole nitrogens is 1. The summed E-state index contributed by atoms with van der Waals surface area (Å²) in [4.78, 5) is 24.7. The second-order valence-electron chi connectivity index (χ2n) is 7.69. The van der Waals surface area contributed by atoms with Gasteiger partial charge in [-0.3, -0.25) is 9.69 Å². The molecule has 2 aliphatic heterocycles. The van der Waals surface area contributed by atoms with Crippen molar-refractivity contribution in [3.05, 3.63) is 57.5 Å². The van der Waals surface area contributed by atoms with Crippen LogP contribution >= 0.6 is 11.3 Å². The van der Waals surface area contributed by atoms with Crippen molar-refractivity contribution in [3.63, 3.8) is 0 Å². The van der Waals surface area contributed by atoms with Crippen LogP contribution in [-0.2, 0) is 13.0 Å². The van der Waals surface area contributed by atoms with Crippen LogP contribution in [0.2, 0.25) is 0 Å². The van der Waals surface area contributed by atoms with Crippen LogP contribution in [0.15, 0.2) is 40.5 Å². The van der Waals surface area contributed by atoms with E-state index in [1.165, 1.54) is 48.4 Å². The molecule has 1 N–H and O–H groups in total. The zero-order valence-electron chi connectivity index (χ0n) is 15.4. The zero-order chi connectivity index (χ0) is 18.2. The van der Waals surface area contributed by atoms with Gasteiger partial charge in [0.1, 0.15) is 10.5 Å². The van der Waals surface area contributed by atoms with Gasteiger partial charge in [-0.05, 0) is 61.3 Å². The molecule has 5 nitrogen and oxygen atoms in total. The van der Waals surface area contributed by atoms with Gasteiger partial charge in [0.05, 0.1) is 12.1 Å². The Bertz CT molecular complexity index is 1000. The molecule has 1 fully saturated rings. The number of fused-ring (bicyclic) bond motifs is 2. The van der Waals surface area contributed by atoms with Gasteiger partial charge < -0.3 is 9.88 Å². The van der Waals surface area contributed by atoms with Crippen LogP contribution in [-0.4, -0.2) is 41.0 Å². The number of para-hydroxylation sites is 1. The molecule has 2 aromatic heterocycles. The van der Waals surface area contributed by atoms with Crippen LogP contribution in [0.4, 0.5) is 5.69 Å². The molecule has 6 heteroatoms. The average Bonchev–Trinajstić information content (AvgIpc) is 3.31. The fourth-order valence-corrected chi connectivity index (χ4v) is 5.17. The summed E-state index contributed by atoms with van der Waals surface area (Å²) in [6.45, 7) is 5.21. The number of hydrogen-bond donors (Lipinski definition) is 1. The smallest absolute Gasteiger partial charge is 0.268 e. The first kappa shape index (κ1) is 17.0. The molecule has 0 spiro atoms. The lowest BCUT2D eigenvalue weighted by Gasteiger charge is -2.34. The summed E-state index contributed by atoms with van der Waals surface area (Å²) >= 11 is 1.45. The topological polar surface area (TPSA) is 52.2 Å². The van der Waals surface area contributed by atoms with E-state index < -0.39 is 0 Å². The van der Waals surface area contributed by atoms with Crippen LogP contribution in [0, 0.1) is 5.92 Å². The van der Waals surface area contributed by atoms with Gasteiger partial charge in [0, 0.05) is 18.8 Å². The Hall–Kier alpha value is -2.18. The highest BCUT2D eigenvalue weighted by Gasteiger charge is 2.25. The molecule has 1 saturated heterocycles. The predicted octanol–water partition coefficient (Wildman–Crippen LogP) is 3.26. The third-order valence-electron chi connectivity index (χ3n) is 5.91. The van der Waals surface area contributed by atoms with Crippen molar-refractivity contribution in [1.82, 2.24) is 14.9 Å². The lowest BCUT2D eigenvalue weighted by atomic mass is 9.96. The van der Waals surface area contributed by atoms with Crippen LogP contribution in [0.1, 0.15) is 24.2 Å². The Kier molecular flexibility index (Phi) is 4.45. The zero-order valence-corrected chi connectivity index (χ0v) is 16.2. The minimum atomic E-state index is -0.00687. The summed E-state index contributed by atoms with van der Waals surface area (Å²) in [6.07, 6.45) is 3.60. The summed E-state index contributed by atoms with van der Waals surface area (Å²) in [7, 11) is 0. The van der Waals surface area contributed by atoms with Crippen molar-refractivity contribution in [3.8, 4) is 0 Å². The molecule has 0 atom stereocenters. The van der Waals surface area contributed by atoms with E-state index in [1.807, 2.05) is 11.4 Å². The SMILES string of the molecule is O=c1[nH]c(CN2CCC(CN3CCc4ccccc43)CC2)nc2ccsc12. The molecule has 3 aromatic rings. The minimum Gasteiger partial charge on any atom is -0.371 e. The highest BCUT2D eigenvalue weighted by Crippen LogP contribution is 2.30. The number of hydrogen-bond acceptors (Lipinski definition) is 5. The van der Waals surface area contributed by atoms with Gasteiger partial charge in [-0.15, -0.1) is 11.3 Å². The molecule has 27 heavy (non-hydrogen) atoms. The molecule has 0 bridgehead atoms. The Morgan fingerprint density at radius 1 is 1.15 bits per heavy atom. The monoisotopic (exact) mass is 380 g/mol. The van der Waals surface area contributed by atoms with Crippen molar-refractivity contribution >= 4 is 27.2 Å². The number of anilines is 1. The van der Waals surface area contributed by atoms with Crippen molar-refractivity contribution < 1.29 is 0 Å². The molecule has 0 unspecified atom stereocenters. The van der Waals surface area contributed by atoms with E-state index in [0.29, 0.717) is 0 Å². The lowest BCUT2D eigenvalue weighted by molar-refractivity contribution is 0.176. The van der Waals surface area contributed by atoms with Crippen LogP contribution in [0.3, 0.4) is 0 Å². The highest BCUT2D eigenvalue weighted by atomic mass is 32.1. The van der Waals surface area contributed by atoms with Crippen LogP contribution in [0.25, 0.3) is 10.2 Å². The van der Waals surface area contributed by atoms with Crippen LogP contribution < -0.4 is 10.5 Å².